The Balaban J connectivity index is 1.54. The molecule has 0 spiro atoms. The molecule has 3 rings (SSSR count). The van der Waals surface area contributed by atoms with Gasteiger partial charge in [0.1, 0.15) is 17.0 Å². The number of rotatable bonds is 6. The van der Waals surface area contributed by atoms with Gasteiger partial charge in [0.05, 0.1) is 5.01 Å². The lowest BCUT2D eigenvalue weighted by molar-refractivity contribution is 0.0949. The van der Waals surface area contributed by atoms with E-state index in [1.807, 2.05) is 30.3 Å². The molecule has 114 valence electrons. The molecule has 0 atom stereocenters. The number of thiazole rings is 1. The molecule has 22 heavy (non-hydrogen) atoms. The highest BCUT2D eigenvalue weighted by Crippen LogP contribution is 2.18. The fourth-order valence-corrected chi connectivity index (χ4v) is 3.00. The molecule has 2 heterocycles. The van der Waals surface area contributed by atoms with Crippen LogP contribution in [0.1, 0.15) is 21.3 Å². The first-order valence-electron chi connectivity index (χ1n) is 7.16. The van der Waals surface area contributed by atoms with Crippen LogP contribution in [0.4, 0.5) is 0 Å². The van der Waals surface area contributed by atoms with Crippen LogP contribution in [0.2, 0.25) is 0 Å². The molecular weight excluding hydrogens is 298 g/mol. The molecule has 0 aliphatic heterocycles. The number of aromatic nitrogens is 1. The van der Waals surface area contributed by atoms with Crippen LogP contribution in [0.15, 0.2) is 40.1 Å². The maximum absolute atomic E-state index is 12.0. The van der Waals surface area contributed by atoms with E-state index in [9.17, 15) is 4.79 Å². The predicted octanol–water partition coefficient (Wildman–Crippen LogP) is 2.36. The number of amides is 1. The molecule has 0 fully saturated rings. The zero-order valence-corrected chi connectivity index (χ0v) is 12.9. The average Bonchev–Trinajstić information content (AvgIpc) is 3.13. The highest BCUT2D eigenvalue weighted by Gasteiger charge is 2.10. The SMILES string of the molecule is NCCc1nc(C(=O)NCCc2cc3ccccc3o2)cs1. The third kappa shape index (κ3) is 3.35. The van der Waals surface area contributed by atoms with Gasteiger partial charge in [-0.25, -0.2) is 4.98 Å². The number of fused-ring (bicyclic) bond motifs is 1. The predicted molar refractivity (Wildman–Crippen MR) is 87.1 cm³/mol. The van der Waals surface area contributed by atoms with Gasteiger partial charge in [0, 0.05) is 30.2 Å². The molecule has 0 radical (unpaired) electrons. The van der Waals surface area contributed by atoms with Crippen molar-refractivity contribution in [3.8, 4) is 0 Å². The van der Waals surface area contributed by atoms with Gasteiger partial charge in [0.25, 0.3) is 5.91 Å². The van der Waals surface area contributed by atoms with Gasteiger partial charge < -0.3 is 15.5 Å². The van der Waals surface area contributed by atoms with Crippen molar-refractivity contribution in [2.45, 2.75) is 12.8 Å². The van der Waals surface area contributed by atoms with Crippen molar-refractivity contribution in [3.05, 3.63) is 52.2 Å². The number of nitrogens with zero attached hydrogens (tertiary/aromatic N) is 1. The second kappa shape index (κ2) is 6.72. The topological polar surface area (TPSA) is 81.1 Å². The summed E-state index contributed by atoms with van der Waals surface area (Å²) in [7, 11) is 0. The summed E-state index contributed by atoms with van der Waals surface area (Å²) in [5.41, 5.74) is 6.80. The summed E-state index contributed by atoms with van der Waals surface area (Å²) < 4.78 is 5.71. The van der Waals surface area contributed by atoms with E-state index >= 15 is 0 Å². The molecule has 1 aromatic carbocycles. The number of furan rings is 1. The lowest BCUT2D eigenvalue weighted by atomic mass is 10.2. The van der Waals surface area contributed by atoms with Crippen molar-refractivity contribution in [3.63, 3.8) is 0 Å². The third-order valence-electron chi connectivity index (χ3n) is 3.28. The molecule has 0 aliphatic rings. The summed E-state index contributed by atoms with van der Waals surface area (Å²) >= 11 is 1.46. The van der Waals surface area contributed by atoms with E-state index in [-0.39, 0.29) is 5.91 Å². The monoisotopic (exact) mass is 315 g/mol. The summed E-state index contributed by atoms with van der Waals surface area (Å²) in [6.45, 7) is 1.06. The highest BCUT2D eigenvalue weighted by molar-refractivity contribution is 7.09. The first-order chi connectivity index (χ1) is 10.8. The van der Waals surface area contributed by atoms with Crippen LogP contribution in [-0.2, 0) is 12.8 Å². The Bertz CT molecular complexity index is 745. The molecule has 3 aromatic rings. The van der Waals surface area contributed by atoms with Crippen LogP contribution >= 0.6 is 11.3 Å². The second-order valence-electron chi connectivity index (χ2n) is 4.92. The smallest absolute Gasteiger partial charge is 0.270 e. The van der Waals surface area contributed by atoms with Crippen molar-refractivity contribution in [2.24, 2.45) is 5.73 Å². The molecular formula is C16H17N3O2S. The van der Waals surface area contributed by atoms with Gasteiger partial charge in [-0.1, -0.05) is 18.2 Å². The van der Waals surface area contributed by atoms with Crippen LogP contribution < -0.4 is 11.1 Å². The van der Waals surface area contributed by atoms with E-state index in [1.165, 1.54) is 11.3 Å². The van der Waals surface area contributed by atoms with Crippen LogP contribution in [0.3, 0.4) is 0 Å². The number of benzene rings is 1. The van der Waals surface area contributed by atoms with Crippen LogP contribution in [0.5, 0.6) is 0 Å². The minimum Gasteiger partial charge on any atom is -0.461 e. The molecule has 5 nitrogen and oxygen atoms in total. The van der Waals surface area contributed by atoms with Crippen molar-refractivity contribution in [2.75, 3.05) is 13.1 Å². The first kappa shape index (κ1) is 14.7. The van der Waals surface area contributed by atoms with Gasteiger partial charge in [0.15, 0.2) is 0 Å². The summed E-state index contributed by atoms with van der Waals surface area (Å²) in [6, 6.07) is 9.87. The fraction of sp³-hybridized carbons (Fsp3) is 0.250. The van der Waals surface area contributed by atoms with E-state index < -0.39 is 0 Å². The Morgan fingerprint density at radius 3 is 3.00 bits per heavy atom. The number of nitrogens with two attached hydrogens (primary N) is 1. The lowest BCUT2D eigenvalue weighted by Gasteiger charge is -2.01. The maximum atomic E-state index is 12.0. The zero-order chi connectivity index (χ0) is 15.4. The molecule has 3 N–H and O–H groups in total. The number of nitrogens with one attached hydrogen (secondary N) is 1. The third-order valence-corrected chi connectivity index (χ3v) is 4.18. The minimum absolute atomic E-state index is 0.157. The molecule has 2 aromatic heterocycles. The molecule has 0 saturated carbocycles. The number of carbonyl (C=O) groups excluding carboxylic acids is 1. The van der Waals surface area contributed by atoms with Crippen molar-refractivity contribution in [1.29, 1.82) is 0 Å². The van der Waals surface area contributed by atoms with Crippen LogP contribution in [0.25, 0.3) is 11.0 Å². The Morgan fingerprint density at radius 1 is 1.32 bits per heavy atom. The first-order valence-corrected chi connectivity index (χ1v) is 8.04. The minimum atomic E-state index is -0.157. The molecule has 6 heteroatoms. The summed E-state index contributed by atoms with van der Waals surface area (Å²) in [5.74, 6) is 0.708. The van der Waals surface area contributed by atoms with Gasteiger partial charge in [-0.2, -0.15) is 0 Å². The van der Waals surface area contributed by atoms with E-state index in [1.54, 1.807) is 5.38 Å². The molecule has 0 saturated heterocycles. The van der Waals surface area contributed by atoms with E-state index in [0.717, 1.165) is 21.7 Å². The average molecular weight is 315 g/mol. The maximum Gasteiger partial charge on any atom is 0.270 e. The normalized spacial score (nSPS) is 11.0. The van der Waals surface area contributed by atoms with E-state index in [4.69, 9.17) is 10.2 Å². The number of para-hydroxylation sites is 1. The van der Waals surface area contributed by atoms with Crippen LogP contribution in [0, 0.1) is 0 Å². The number of hydrogen-bond acceptors (Lipinski definition) is 5. The van der Waals surface area contributed by atoms with Crippen molar-refractivity contribution < 1.29 is 9.21 Å². The Kier molecular flexibility index (Phi) is 4.50. The Labute approximate surface area is 132 Å². The van der Waals surface area contributed by atoms with Crippen LogP contribution in [-0.4, -0.2) is 24.0 Å². The van der Waals surface area contributed by atoms with Gasteiger partial charge in [0.2, 0.25) is 0 Å². The van der Waals surface area contributed by atoms with E-state index in [0.29, 0.717) is 31.6 Å². The molecule has 0 aliphatic carbocycles. The van der Waals surface area contributed by atoms with E-state index in [2.05, 4.69) is 10.3 Å². The largest absolute Gasteiger partial charge is 0.461 e. The summed E-state index contributed by atoms with van der Waals surface area (Å²) in [4.78, 5) is 16.3. The summed E-state index contributed by atoms with van der Waals surface area (Å²) in [5, 5.41) is 6.60. The standard InChI is InChI=1S/C16H17N3O2S/c17-7-5-15-19-13(10-22-15)16(20)18-8-6-12-9-11-3-1-2-4-14(11)21-12/h1-4,9-10H,5-8,17H2,(H,18,20). The highest BCUT2D eigenvalue weighted by atomic mass is 32.1. The molecule has 0 unspecified atom stereocenters. The van der Waals surface area contributed by atoms with Crippen molar-refractivity contribution in [1.82, 2.24) is 10.3 Å². The Morgan fingerprint density at radius 2 is 2.18 bits per heavy atom. The number of carbonyl (C=O) groups is 1. The van der Waals surface area contributed by atoms with Gasteiger partial charge >= 0.3 is 0 Å². The van der Waals surface area contributed by atoms with Crippen molar-refractivity contribution >= 4 is 28.2 Å². The Hall–Kier alpha value is -2.18. The van der Waals surface area contributed by atoms with Gasteiger partial charge in [-0.3, -0.25) is 4.79 Å². The quantitative estimate of drug-likeness (QED) is 0.731. The lowest BCUT2D eigenvalue weighted by Crippen LogP contribution is -2.25. The van der Waals surface area contributed by atoms with Gasteiger partial charge in [-0.05, 0) is 18.7 Å². The zero-order valence-electron chi connectivity index (χ0n) is 12.0. The summed E-state index contributed by atoms with van der Waals surface area (Å²) in [6.07, 6.45) is 1.36. The molecule has 1 amide bonds. The fourth-order valence-electron chi connectivity index (χ4n) is 2.20. The second-order valence-corrected chi connectivity index (χ2v) is 5.86. The van der Waals surface area contributed by atoms with Gasteiger partial charge in [-0.15, -0.1) is 11.3 Å². The molecule has 0 bridgehead atoms. The number of hydrogen-bond donors (Lipinski definition) is 2.